The van der Waals surface area contributed by atoms with Crippen molar-refractivity contribution >= 4 is 42.8 Å². The van der Waals surface area contributed by atoms with Crippen molar-refractivity contribution in [3.05, 3.63) is 39.4 Å². The maximum absolute atomic E-state index is 4.20. The lowest BCUT2D eigenvalue weighted by Gasteiger charge is -1.96. The van der Waals surface area contributed by atoms with Gasteiger partial charge in [0.25, 0.3) is 0 Å². The molecule has 1 heterocycles. The first kappa shape index (κ1) is 8.20. The predicted octanol–water partition coefficient (Wildman–Crippen LogP) is 3.56. The van der Waals surface area contributed by atoms with Gasteiger partial charge in [0.05, 0.1) is 5.52 Å². The molecule has 0 bridgehead atoms. The van der Waals surface area contributed by atoms with Crippen molar-refractivity contribution in [2.24, 2.45) is 0 Å². The van der Waals surface area contributed by atoms with Crippen molar-refractivity contribution in [3.63, 3.8) is 0 Å². The van der Waals surface area contributed by atoms with Crippen LogP contribution in [-0.2, 0) is 0 Å². The van der Waals surface area contributed by atoms with Crippen LogP contribution in [0.2, 0.25) is 0 Å². The Morgan fingerprint density at radius 2 is 1.92 bits per heavy atom. The number of rotatable bonds is 0. The van der Waals surface area contributed by atoms with E-state index in [1.54, 1.807) is 6.20 Å². The van der Waals surface area contributed by atoms with E-state index in [4.69, 9.17) is 0 Å². The Morgan fingerprint density at radius 3 is 2.75 bits per heavy atom. The van der Waals surface area contributed by atoms with Gasteiger partial charge in [-0.3, -0.25) is 4.98 Å². The van der Waals surface area contributed by atoms with Crippen LogP contribution in [0.3, 0.4) is 0 Å². The number of aromatic nitrogens is 1. The number of benzene rings is 1. The van der Waals surface area contributed by atoms with Gasteiger partial charge < -0.3 is 0 Å². The van der Waals surface area contributed by atoms with Crippen molar-refractivity contribution in [1.29, 1.82) is 0 Å². The first-order valence-electron chi connectivity index (χ1n) is 3.38. The van der Waals surface area contributed by atoms with Crippen molar-refractivity contribution in [1.82, 2.24) is 4.98 Å². The highest BCUT2D eigenvalue weighted by atomic mass is 79.9. The molecule has 12 heavy (non-hydrogen) atoms. The molecule has 0 N–H and O–H groups in total. The van der Waals surface area contributed by atoms with E-state index < -0.39 is 0 Å². The minimum atomic E-state index is 0.890. The third-order valence-electron chi connectivity index (χ3n) is 1.52. The van der Waals surface area contributed by atoms with Crippen LogP contribution < -0.4 is 0 Å². The number of nitrogens with zero attached hydrogens (tertiary/aromatic N) is 1. The zero-order valence-corrected chi connectivity index (χ0v) is 9.18. The van der Waals surface area contributed by atoms with Gasteiger partial charge in [0, 0.05) is 26.6 Å². The van der Waals surface area contributed by atoms with E-state index in [9.17, 15) is 0 Å². The number of hydrogen-bond donors (Lipinski definition) is 0. The lowest BCUT2D eigenvalue weighted by atomic mass is 10.2. The number of halogens is 2. The largest absolute Gasteiger partial charge is 0.254 e. The van der Waals surface area contributed by atoms with Gasteiger partial charge in [0.2, 0.25) is 0 Å². The summed E-state index contributed by atoms with van der Waals surface area (Å²) >= 11 is 6.75. The van der Waals surface area contributed by atoms with E-state index in [0.29, 0.717) is 0 Å². The minimum Gasteiger partial charge on any atom is -0.254 e. The Balaban J connectivity index is 2.80. The van der Waals surface area contributed by atoms with Gasteiger partial charge in [-0.15, -0.1) is 0 Å². The lowest BCUT2D eigenvalue weighted by molar-refractivity contribution is 1.38. The average molecular weight is 286 g/mol. The molecule has 0 unspecified atom stereocenters. The summed E-state index contributed by atoms with van der Waals surface area (Å²) in [6, 6.07) is 8.97. The van der Waals surface area contributed by atoms with Crippen molar-refractivity contribution < 1.29 is 0 Å². The first-order chi connectivity index (χ1) is 5.75. The van der Waals surface area contributed by atoms with Crippen LogP contribution >= 0.6 is 31.9 Å². The van der Waals surface area contributed by atoms with Gasteiger partial charge >= 0.3 is 0 Å². The third kappa shape index (κ3) is 1.52. The highest BCUT2D eigenvalue weighted by Gasteiger charge is 1.96. The monoisotopic (exact) mass is 284 g/mol. The molecule has 1 radical (unpaired) electrons. The summed E-state index contributed by atoms with van der Waals surface area (Å²) < 4.78 is 2.01. The Hall–Kier alpha value is -0.410. The minimum absolute atomic E-state index is 0.890. The molecular weight excluding hydrogens is 282 g/mol. The SMILES string of the molecule is Brc1c[c]c2ncc(Br)cc2c1. The summed E-state index contributed by atoms with van der Waals surface area (Å²) in [5.41, 5.74) is 0.890. The summed E-state index contributed by atoms with van der Waals surface area (Å²) in [5.74, 6) is 0. The smallest absolute Gasteiger partial charge is 0.0782 e. The predicted molar refractivity (Wildman–Crippen MR) is 56.0 cm³/mol. The quantitative estimate of drug-likeness (QED) is 0.721. The second kappa shape index (κ2) is 3.15. The van der Waals surface area contributed by atoms with E-state index in [1.165, 1.54) is 0 Å². The van der Waals surface area contributed by atoms with Crippen LogP contribution in [-0.4, -0.2) is 4.98 Å². The molecule has 0 aliphatic heterocycles. The van der Waals surface area contributed by atoms with E-state index in [0.717, 1.165) is 19.8 Å². The number of pyridine rings is 1. The Labute approximate surface area is 87.1 Å². The van der Waals surface area contributed by atoms with Crippen molar-refractivity contribution in [3.8, 4) is 0 Å². The second-order valence-corrected chi connectivity index (χ2v) is 4.24. The van der Waals surface area contributed by atoms with Crippen LogP contribution in [0.4, 0.5) is 0 Å². The maximum Gasteiger partial charge on any atom is 0.0782 e. The molecular formula is C9H4Br2N. The molecule has 0 fully saturated rings. The Kier molecular flexibility index (Phi) is 2.15. The summed E-state index contributed by atoms with van der Waals surface area (Å²) in [6.45, 7) is 0. The highest BCUT2D eigenvalue weighted by molar-refractivity contribution is 9.10. The molecule has 0 aliphatic rings. The molecule has 3 heteroatoms. The van der Waals surface area contributed by atoms with E-state index in [2.05, 4.69) is 42.9 Å². The number of hydrogen-bond acceptors (Lipinski definition) is 1. The molecule has 2 aromatic rings. The summed E-state index contributed by atoms with van der Waals surface area (Å²) in [7, 11) is 0. The molecule has 0 aliphatic carbocycles. The van der Waals surface area contributed by atoms with Gasteiger partial charge in [-0.05, 0) is 34.1 Å². The third-order valence-corrected chi connectivity index (χ3v) is 2.42. The fraction of sp³-hybridized carbons (Fsp3) is 0. The van der Waals surface area contributed by atoms with E-state index in [-0.39, 0.29) is 0 Å². The topological polar surface area (TPSA) is 12.9 Å². The van der Waals surface area contributed by atoms with Crippen molar-refractivity contribution in [2.45, 2.75) is 0 Å². The summed E-state index contributed by atoms with van der Waals surface area (Å²) in [4.78, 5) is 4.20. The molecule has 1 nitrogen and oxygen atoms in total. The molecule has 0 saturated heterocycles. The zero-order chi connectivity index (χ0) is 8.55. The lowest BCUT2D eigenvalue weighted by Crippen LogP contribution is -1.78. The van der Waals surface area contributed by atoms with Crippen molar-refractivity contribution in [2.75, 3.05) is 0 Å². The normalized spacial score (nSPS) is 10.5. The molecule has 0 saturated carbocycles. The van der Waals surface area contributed by atoms with Crippen LogP contribution in [0.5, 0.6) is 0 Å². The zero-order valence-electron chi connectivity index (χ0n) is 6.01. The molecule has 1 aromatic heterocycles. The fourth-order valence-corrected chi connectivity index (χ4v) is 1.72. The molecule has 0 spiro atoms. The van der Waals surface area contributed by atoms with E-state index in [1.807, 2.05) is 18.2 Å². The summed E-state index contributed by atoms with van der Waals surface area (Å²) in [5, 5.41) is 1.08. The van der Waals surface area contributed by atoms with Crippen LogP contribution in [0, 0.1) is 6.07 Å². The maximum atomic E-state index is 4.20. The van der Waals surface area contributed by atoms with Gasteiger partial charge in [0.1, 0.15) is 0 Å². The van der Waals surface area contributed by atoms with Gasteiger partial charge in [-0.2, -0.15) is 0 Å². The molecule has 2 rings (SSSR count). The van der Waals surface area contributed by atoms with Gasteiger partial charge in [-0.1, -0.05) is 15.9 Å². The Morgan fingerprint density at radius 1 is 1.17 bits per heavy atom. The Bertz CT molecular complexity index is 389. The average Bonchev–Trinajstić information content (AvgIpc) is 2.03. The van der Waals surface area contributed by atoms with Crippen LogP contribution in [0.25, 0.3) is 10.9 Å². The molecule has 1 aromatic carbocycles. The van der Waals surface area contributed by atoms with Gasteiger partial charge in [-0.25, -0.2) is 0 Å². The fourth-order valence-electron chi connectivity index (χ4n) is 1.01. The van der Waals surface area contributed by atoms with Gasteiger partial charge in [0.15, 0.2) is 0 Å². The number of fused-ring (bicyclic) bond motifs is 1. The van der Waals surface area contributed by atoms with E-state index >= 15 is 0 Å². The standard InChI is InChI=1S/C9H4Br2N/c10-7-1-2-9-6(3-7)4-8(11)5-12-9/h1,3-5H. The molecule has 0 atom stereocenters. The second-order valence-electron chi connectivity index (χ2n) is 2.41. The molecule has 59 valence electrons. The van der Waals surface area contributed by atoms with Crippen LogP contribution in [0.15, 0.2) is 33.3 Å². The first-order valence-corrected chi connectivity index (χ1v) is 4.97. The van der Waals surface area contributed by atoms with Crippen LogP contribution in [0.1, 0.15) is 0 Å². The molecule has 0 amide bonds. The summed E-state index contributed by atoms with van der Waals surface area (Å²) in [6.07, 6.45) is 1.77. The highest BCUT2D eigenvalue weighted by Crippen LogP contribution is 2.20.